The van der Waals surface area contributed by atoms with E-state index in [1.807, 2.05) is 4.90 Å². The number of piperidine rings is 1. The van der Waals surface area contributed by atoms with Gasteiger partial charge in [-0.25, -0.2) is 27.4 Å². The lowest BCUT2D eigenvalue weighted by atomic mass is 9.73. The number of amides is 1. The van der Waals surface area contributed by atoms with Crippen molar-refractivity contribution in [2.45, 2.75) is 31.9 Å². The van der Waals surface area contributed by atoms with Crippen LogP contribution >= 0.6 is 0 Å². The highest BCUT2D eigenvalue weighted by Gasteiger charge is 2.41. The number of pyridine rings is 1. The van der Waals surface area contributed by atoms with Crippen molar-refractivity contribution in [1.29, 1.82) is 0 Å². The topological polar surface area (TPSA) is 86.7 Å². The summed E-state index contributed by atoms with van der Waals surface area (Å²) in [5, 5.41) is 12.3. The largest absolute Gasteiger partial charge is 0.497 e. The van der Waals surface area contributed by atoms with Crippen LogP contribution in [0.25, 0.3) is 10.9 Å². The van der Waals surface area contributed by atoms with E-state index < -0.39 is 40.8 Å². The van der Waals surface area contributed by atoms with E-state index in [2.05, 4.69) is 10.3 Å². The van der Waals surface area contributed by atoms with Crippen LogP contribution in [0.2, 0.25) is 0 Å². The molecule has 1 aliphatic rings. The van der Waals surface area contributed by atoms with Gasteiger partial charge in [-0.1, -0.05) is 0 Å². The molecule has 12 heteroatoms. The number of nitrogens with one attached hydrogen (secondary N) is 2. The number of carbonyl (C=O) groups is 1. The fraction of sp³-hybridized carbons (Fsp3) is 0.407. The number of aromatic nitrogens is 1. The summed E-state index contributed by atoms with van der Waals surface area (Å²) < 4.78 is 76.1. The van der Waals surface area contributed by atoms with Crippen molar-refractivity contribution in [3.63, 3.8) is 0 Å². The number of nitrogens with zero attached hydrogens (tertiary/aromatic N) is 2. The van der Waals surface area contributed by atoms with Gasteiger partial charge in [-0.15, -0.1) is 0 Å². The van der Waals surface area contributed by atoms with E-state index >= 15 is 4.39 Å². The Hall–Kier alpha value is -3.51. The quantitative estimate of drug-likeness (QED) is 0.137. The van der Waals surface area contributed by atoms with Crippen LogP contribution in [0, 0.1) is 28.7 Å². The first-order chi connectivity index (χ1) is 18.7. The molecule has 1 fully saturated rings. The molecular formula is C27H29F5N4O3. The van der Waals surface area contributed by atoms with Crippen molar-refractivity contribution in [3.8, 4) is 5.75 Å². The molecule has 1 atom stereocenters. The first-order valence-corrected chi connectivity index (χ1v) is 12.5. The van der Waals surface area contributed by atoms with Crippen molar-refractivity contribution in [3.05, 3.63) is 65.4 Å². The SMILES string of the molecule is COc1ccc2ncc(F)c([C@H](F)CCC3(C(=O)NO)CCN(CCNc4cc(F)cc(F)c4F)CC3)c2c1. The second-order valence-corrected chi connectivity index (χ2v) is 9.65. The van der Waals surface area contributed by atoms with Gasteiger partial charge in [-0.2, -0.15) is 0 Å². The first kappa shape index (κ1) is 28.5. The van der Waals surface area contributed by atoms with Crippen LogP contribution in [0.15, 0.2) is 36.5 Å². The number of carbonyl (C=O) groups excluding carboxylic acids is 1. The van der Waals surface area contributed by atoms with Gasteiger partial charge in [0.05, 0.1) is 29.9 Å². The molecule has 4 rings (SSSR count). The monoisotopic (exact) mass is 552 g/mol. The Bertz CT molecular complexity index is 1330. The van der Waals surface area contributed by atoms with Crippen LogP contribution in [0.1, 0.15) is 37.4 Å². The van der Waals surface area contributed by atoms with Crippen LogP contribution in [0.5, 0.6) is 5.75 Å². The highest BCUT2D eigenvalue weighted by atomic mass is 19.2. The zero-order valence-electron chi connectivity index (χ0n) is 21.2. The van der Waals surface area contributed by atoms with Gasteiger partial charge in [0.2, 0.25) is 5.91 Å². The molecule has 0 aliphatic carbocycles. The molecule has 1 saturated heterocycles. The lowest BCUT2D eigenvalue weighted by Crippen LogP contribution is -2.49. The number of likely N-dealkylation sites (tertiary alicyclic amines) is 1. The maximum Gasteiger partial charge on any atom is 0.249 e. The summed E-state index contributed by atoms with van der Waals surface area (Å²) in [4.78, 5) is 18.6. The third-order valence-corrected chi connectivity index (χ3v) is 7.39. The lowest BCUT2D eigenvalue weighted by molar-refractivity contribution is -0.143. The second kappa shape index (κ2) is 12.1. The number of halogens is 5. The van der Waals surface area contributed by atoms with E-state index in [4.69, 9.17) is 4.74 Å². The van der Waals surface area contributed by atoms with Gasteiger partial charge in [-0.3, -0.25) is 15.0 Å². The fourth-order valence-electron chi connectivity index (χ4n) is 5.11. The smallest absolute Gasteiger partial charge is 0.249 e. The standard InChI is InChI=1S/C27H29F5N4O3/c1-39-17-2-3-22-18(14-17)24(21(31)15-34-22)19(29)4-5-27(26(37)35-38)6-9-36(10-7-27)11-8-33-23-13-16(28)12-20(30)25(23)32/h2-3,12-15,19,33,38H,4-11H2,1H3,(H,35,37)/t19-/m1/s1. The Kier molecular flexibility index (Phi) is 8.86. The third kappa shape index (κ3) is 6.22. The molecule has 2 aromatic carbocycles. The Morgan fingerprint density at radius 3 is 2.59 bits per heavy atom. The molecule has 0 unspecified atom stereocenters. The summed E-state index contributed by atoms with van der Waals surface area (Å²) in [5.74, 6) is -4.40. The first-order valence-electron chi connectivity index (χ1n) is 12.5. The Labute approximate surface area is 221 Å². The molecule has 3 N–H and O–H groups in total. The molecule has 2 heterocycles. The minimum Gasteiger partial charge on any atom is -0.497 e. The van der Waals surface area contributed by atoms with Gasteiger partial charge < -0.3 is 15.0 Å². The van der Waals surface area contributed by atoms with Crippen molar-refractivity contribution >= 4 is 22.5 Å². The number of benzene rings is 2. The number of ether oxygens (including phenoxy) is 1. The van der Waals surface area contributed by atoms with E-state index in [1.54, 1.807) is 17.6 Å². The Morgan fingerprint density at radius 2 is 1.90 bits per heavy atom. The van der Waals surface area contributed by atoms with E-state index in [0.29, 0.717) is 37.0 Å². The van der Waals surface area contributed by atoms with Crippen molar-refractivity contribution in [1.82, 2.24) is 15.4 Å². The van der Waals surface area contributed by atoms with Crippen LogP contribution in [-0.4, -0.2) is 54.3 Å². The van der Waals surface area contributed by atoms with Crippen LogP contribution in [0.4, 0.5) is 27.6 Å². The predicted molar refractivity (Wildman–Crippen MR) is 134 cm³/mol. The Morgan fingerprint density at radius 1 is 1.15 bits per heavy atom. The summed E-state index contributed by atoms with van der Waals surface area (Å²) in [7, 11) is 1.44. The number of hydrogen-bond acceptors (Lipinski definition) is 6. The number of hydroxylamine groups is 1. The molecule has 0 radical (unpaired) electrons. The van der Waals surface area contributed by atoms with Crippen LogP contribution in [-0.2, 0) is 4.79 Å². The summed E-state index contributed by atoms with van der Waals surface area (Å²) in [6.45, 7) is 1.37. The average molecular weight is 553 g/mol. The molecular weight excluding hydrogens is 523 g/mol. The van der Waals surface area contributed by atoms with Gasteiger partial charge >= 0.3 is 0 Å². The number of alkyl halides is 1. The molecule has 3 aromatic rings. The molecule has 1 amide bonds. The highest BCUT2D eigenvalue weighted by molar-refractivity contribution is 5.84. The maximum atomic E-state index is 15.5. The molecule has 39 heavy (non-hydrogen) atoms. The highest BCUT2D eigenvalue weighted by Crippen LogP contribution is 2.41. The molecule has 0 bridgehead atoms. The van der Waals surface area contributed by atoms with E-state index in [-0.39, 0.29) is 48.9 Å². The number of fused-ring (bicyclic) bond motifs is 1. The number of methoxy groups -OCH3 is 1. The van der Waals surface area contributed by atoms with Crippen molar-refractivity contribution in [2.75, 3.05) is 38.6 Å². The number of anilines is 1. The second-order valence-electron chi connectivity index (χ2n) is 9.65. The van der Waals surface area contributed by atoms with Gasteiger partial charge in [0, 0.05) is 36.2 Å². The number of hydrogen-bond donors (Lipinski definition) is 3. The predicted octanol–water partition coefficient (Wildman–Crippen LogP) is 5.29. The Balaban J connectivity index is 1.40. The van der Waals surface area contributed by atoms with E-state index in [1.165, 1.54) is 13.2 Å². The summed E-state index contributed by atoms with van der Waals surface area (Å²) >= 11 is 0. The zero-order valence-corrected chi connectivity index (χ0v) is 21.2. The molecule has 210 valence electrons. The summed E-state index contributed by atoms with van der Waals surface area (Å²) in [6.07, 6.45) is -0.343. The molecule has 7 nitrogen and oxygen atoms in total. The van der Waals surface area contributed by atoms with E-state index in [9.17, 15) is 27.6 Å². The molecule has 1 aliphatic heterocycles. The van der Waals surface area contributed by atoms with Gasteiger partial charge in [0.1, 0.15) is 23.6 Å². The minimum atomic E-state index is -1.74. The summed E-state index contributed by atoms with van der Waals surface area (Å²) in [6, 6.07) is 6.08. The maximum absolute atomic E-state index is 15.5. The minimum absolute atomic E-state index is 0.0493. The van der Waals surface area contributed by atoms with Gasteiger partial charge in [0.25, 0.3) is 0 Å². The normalized spacial score (nSPS) is 16.2. The van der Waals surface area contributed by atoms with Crippen molar-refractivity contribution in [2.24, 2.45) is 5.41 Å². The molecule has 0 saturated carbocycles. The van der Waals surface area contributed by atoms with E-state index in [0.717, 1.165) is 12.3 Å². The van der Waals surface area contributed by atoms with Crippen molar-refractivity contribution < 1.29 is 36.7 Å². The van der Waals surface area contributed by atoms with Crippen LogP contribution < -0.4 is 15.5 Å². The third-order valence-electron chi connectivity index (χ3n) is 7.39. The number of rotatable bonds is 10. The van der Waals surface area contributed by atoms with Gasteiger partial charge in [0.15, 0.2) is 11.6 Å². The molecule has 1 aromatic heterocycles. The fourth-order valence-corrected chi connectivity index (χ4v) is 5.11. The van der Waals surface area contributed by atoms with Crippen LogP contribution in [0.3, 0.4) is 0 Å². The summed E-state index contributed by atoms with van der Waals surface area (Å²) in [5.41, 5.74) is 0.549. The zero-order chi connectivity index (χ0) is 28.2. The lowest BCUT2D eigenvalue weighted by Gasteiger charge is -2.40. The molecule has 0 spiro atoms. The van der Waals surface area contributed by atoms with Gasteiger partial charge in [-0.05, 0) is 57.0 Å². The average Bonchev–Trinajstić information content (AvgIpc) is 2.94.